The van der Waals surface area contributed by atoms with Crippen molar-refractivity contribution in [2.24, 2.45) is 0 Å². The summed E-state index contributed by atoms with van der Waals surface area (Å²) >= 11 is 0. The van der Waals surface area contributed by atoms with Gasteiger partial charge in [0.2, 0.25) is 11.8 Å². The first-order valence-electron chi connectivity index (χ1n) is 10.9. The van der Waals surface area contributed by atoms with E-state index in [1.165, 1.54) is 12.1 Å². The van der Waals surface area contributed by atoms with Crippen molar-refractivity contribution in [2.75, 3.05) is 7.05 Å². The fourth-order valence-corrected chi connectivity index (χ4v) is 3.96. The molecule has 0 fully saturated rings. The average Bonchev–Trinajstić information content (AvgIpc) is 2.84. The van der Waals surface area contributed by atoms with Gasteiger partial charge in [0.05, 0.1) is 0 Å². The van der Waals surface area contributed by atoms with Crippen LogP contribution in [-0.2, 0) is 16.1 Å². The van der Waals surface area contributed by atoms with Crippen LogP contribution in [0.3, 0.4) is 0 Å². The molecule has 166 valence electrons. The Labute approximate surface area is 189 Å². The minimum Gasteiger partial charge on any atom is -0.357 e. The molecule has 32 heavy (non-hydrogen) atoms. The molecule has 0 heterocycles. The van der Waals surface area contributed by atoms with Gasteiger partial charge in [0.1, 0.15) is 11.9 Å². The average molecular weight is 433 g/mol. The molecule has 0 radical (unpaired) electrons. The summed E-state index contributed by atoms with van der Waals surface area (Å²) in [5.74, 6) is -0.803. The molecular formula is C27H29FN2O2. The minimum atomic E-state index is -0.607. The highest BCUT2D eigenvalue weighted by Crippen LogP contribution is 2.29. The van der Waals surface area contributed by atoms with Crippen LogP contribution in [0.2, 0.25) is 0 Å². The van der Waals surface area contributed by atoms with Gasteiger partial charge in [0.15, 0.2) is 0 Å². The molecule has 0 unspecified atom stereocenters. The molecule has 4 nitrogen and oxygen atoms in total. The predicted molar refractivity (Wildman–Crippen MR) is 124 cm³/mol. The number of halogens is 1. The molecular weight excluding hydrogens is 403 g/mol. The van der Waals surface area contributed by atoms with Crippen LogP contribution in [0.25, 0.3) is 0 Å². The van der Waals surface area contributed by atoms with E-state index in [2.05, 4.69) is 5.32 Å². The largest absolute Gasteiger partial charge is 0.357 e. The van der Waals surface area contributed by atoms with Crippen LogP contribution in [0, 0.1) is 5.82 Å². The van der Waals surface area contributed by atoms with E-state index in [4.69, 9.17) is 0 Å². The van der Waals surface area contributed by atoms with Crippen molar-refractivity contribution in [3.8, 4) is 0 Å². The van der Waals surface area contributed by atoms with Crippen LogP contribution >= 0.6 is 0 Å². The van der Waals surface area contributed by atoms with E-state index in [9.17, 15) is 14.0 Å². The van der Waals surface area contributed by atoms with Gasteiger partial charge in [0, 0.05) is 25.9 Å². The second kappa shape index (κ2) is 11.2. The minimum absolute atomic E-state index is 0.123. The summed E-state index contributed by atoms with van der Waals surface area (Å²) in [5, 5.41) is 2.67. The maximum Gasteiger partial charge on any atom is 0.242 e. The molecule has 1 N–H and O–H groups in total. The summed E-state index contributed by atoms with van der Waals surface area (Å²) < 4.78 is 13.4. The third-order valence-corrected chi connectivity index (χ3v) is 5.68. The van der Waals surface area contributed by atoms with Crippen LogP contribution in [0.15, 0.2) is 84.9 Å². The molecule has 3 rings (SSSR count). The van der Waals surface area contributed by atoms with Crippen LogP contribution in [0.5, 0.6) is 0 Å². The number of carbonyl (C=O) groups excluding carboxylic acids is 2. The summed E-state index contributed by atoms with van der Waals surface area (Å²) in [7, 11) is 1.57. The number of rotatable bonds is 9. The van der Waals surface area contributed by atoms with Crippen molar-refractivity contribution >= 4 is 11.8 Å². The van der Waals surface area contributed by atoms with Gasteiger partial charge >= 0.3 is 0 Å². The van der Waals surface area contributed by atoms with Gasteiger partial charge < -0.3 is 10.2 Å². The molecule has 3 aromatic carbocycles. The predicted octanol–water partition coefficient (Wildman–Crippen LogP) is 4.90. The van der Waals surface area contributed by atoms with Crippen molar-refractivity contribution in [3.63, 3.8) is 0 Å². The van der Waals surface area contributed by atoms with E-state index in [-0.39, 0.29) is 36.5 Å². The molecule has 0 aliphatic heterocycles. The standard InChI is InChI=1S/C27H29FN2O2/c1-3-25(27(32)29-2)30(19-20-14-16-23(28)17-15-20)26(31)18-24(21-10-6-4-7-11-21)22-12-8-5-9-13-22/h4-17,24-25H,3,18-19H2,1-2H3,(H,29,32)/t25-/m1/s1. The first kappa shape index (κ1) is 23.2. The second-order valence-corrected chi connectivity index (χ2v) is 7.76. The van der Waals surface area contributed by atoms with E-state index in [1.54, 1.807) is 24.1 Å². The SMILES string of the molecule is CC[C@H](C(=O)NC)N(Cc1ccc(F)cc1)C(=O)CC(c1ccccc1)c1ccccc1. The van der Waals surface area contributed by atoms with Crippen molar-refractivity contribution in [3.05, 3.63) is 107 Å². The molecule has 0 saturated heterocycles. The van der Waals surface area contributed by atoms with Gasteiger partial charge in [-0.25, -0.2) is 4.39 Å². The molecule has 3 aromatic rings. The van der Waals surface area contributed by atoms with Crippen molar-refractivity contribution in [2.45, 2.75) is 38.3 Å². The Morgan fingerprint density at radius 1 is 0.875 bits per heavy atom. The number of nitrogens with one attached hydrogen (secondary N) is 1. The van der Waals surface area contributed by atoms with Gasteiger partial charge in [-0.2, -0.15) is 0 Å². The fourth-order valence-electron chi connectivity index (χ4n) is 3.96. The van der Waals surface area contributed by atoms with Crippen LogP contribution in [0.1, 0.15) is 42.4 Å². The Kier molecular flexibility index (Phi) is 8.14. The number of benzene rings is 3. The van der Waals surface area contributed by atoms with E-state index in [0.29, 0.717) is 6.42 Å². The maximum atomic E-state index is 13.7. The lowest BCUT2D eigenvalue weighted by Crippen LogP contribution is -2.48. The Bertz CT molecular complexity index is 967. The lowest BCUT2D eigenvalue weighted by Gasteiger charge is -2.32. The van der Waals surface area contributed by atoms with Crippen LogP contribution in [0.4, 0.5) is 4.39 Å². The van der Waals surface area contributed by atoms with E-state index in [0.717, 1.165) is 16.7 Å². The summed E-state index contributed by atoms with van der Waals surface area (Å²) in [6.07, 6.45) is 0.705. The highest BCUT2D eigenvalue weighted by atomic mass is 19.1. The van der Waals surface area contributed by atoms with E-state index < -0.39 is 6.04 Å². The Morgan fingerprint density at radius 2 is 1.41 bits per heavy atom. The first-order valence-corrected chi connectivity index (χ1v) is 10.9. The van der Waals surface area contributed by atoms with E-state index in [1.807, 2.05) is 67.6 Å². The molecule has 0 aromatic heterocycles. The zero-order valence-electron chi connectivity index (χ0n) is 18.5. The monoisotopic (exact) mass is 432 g/mol. The second-order valence-electron chi connectivity index (χ2n) is 7.76. The molecule has 0 spiro atoms. The number of nitrogens with zero attached hydrogens (tertiary/aromatic N) is 1. The van der Waals surface area contributed by atoms with E-state index >= 15 is 0 Å². The van der Waals surface area contributed by atoms with Crippen LogP contribution in [-0.4, -0.2) is 29.8 Å². The number of likely N-dealkylation sites (N-methyl/N-ethyl adjacent to an activating group) is 1. The van der Waals surface area contributed by atoms with Crippen molar-refractivity contribution < 1.29 is 14.0 Å². The topological polar surface area (TPSA) is 49.4 Å². The van der Waals surface area contributed by atoms with Crippen LogP contribution < -0.4 is 5.32 Å². The Hall–Kier alpha value is -3.47. The molecule has 5 heteroatoms. The lowest BCUT2D eigenvalue weighted by molar-refractivity contribution is -0.141. The van der Waals surface area contributed by atoms with Gasteiger partial charge in [-0.3, -0.25) is 9.59 Å². The summed E-state index contributed by atoms with van der Waals surface area (Å²) in [4.78, 5) is 27.9. The fraction of sp³-hybridized carbons (Fsp3) is 0.259. The lowest BCUT2D eigenvalue weighted by atomic mass is 9.88. The molecule has 2 amide bonds. The van der Waals surface area contributed by atoms with Crippen molar-refractivity contribution in [1.82, 2.24) is 10.2 Å². The molecule has 0 aliphatic rings. The number of hydrogen-bond donors (Lipinski definition) is 1. The Balaban J connectivity index is 1.94. The maximum absolute atomic E-state index is 13.7. The van der Waals surface area contributed by atoms with Gasteiger partial charge in [-0.1, -0.05) is 79.7 Å². The highest BCUT2D eigenvalue weighted by molar-refractivity contribution is 5.88. The van der Waals surface area contributed by atoms with Crippen molar-refractivity contribution in [1.29, 1.82) is 0 Å². The number of amides is 2. The summed E-state index contributed by atoms with van der Waals surface area (Å²) in [5.41, 5.74) is 2.86. The zero-order chi connectivity index (χ0) is 22.9. The third-order valence-electron chi connectivity index (χ3n) is 5.68. The molecule has 0 saturated carbocycles. The summed E-state index contributed by atoms with van der Waals surface area (Å²) in [6, 6.07) is 25.3. The van der Waals surface area contributed by atoms with Gasteiger partial charge in [-0.05, 0) is 35.2 Å². The van der Waals surface area contributed by atoms with Gasteiger partial charge in [-0.15, -0.1) is 0 Å². The first-order chi connectivity index (χ1) is 15.5. The molecule has 1 atom stereocenters. The third kappa shape index (κ3) is 5.82. The Morgan fingerprint density at radius 3 is 1.88 bits per heavy atom. The normalized spacial score (nSPS) is 11.8. The zero-order valence-corrected chi connectivity index (χ0v) is 18.5. The quantitative estimate of drug-likeness (QED) is 0.523. The van der Waals surface area contributed by atoms with Gasteiger partial charge in [0.25, 0.3) is 0 Å². The number of hydrogen-bond acceptors (Lipinski definition) is 2. The summed E-state index contributed by atoms with van der Waals surface area (Å²) in [6.45, 7) is 2.12. The smallest absolute Gasteiger partial charge is 0.242 e. The number of carbonyl (C=O) groups is 2. The molecule has 0 bridgehead atoms. The highest BCUT2D eigenvalue weighted by Gasteiger charge is 2.30. The molecule has 0 aliphatic carbocycles.